The standard InChI is InChI=1S/C24H34N4O3.4ClH/c1-30-24-5-3-2-4-23(24)28-16-14-26(15-17-28)18-21(29)19-31-22-8-6-20(7-9-22)27-12-10-25-11-13-27;;;;/h2-9,21,25,29H,10-19H2,1H3;4*1H. The Kier molecular flexibility index (Phi) is 16.5. The second-order valence-electron chi connectivity index (χ2n) is 8.16. The van der Waals surface area contributed by atoms with Gasteiger partial charge in [-0.3, -0.25) is 4.90 Å². The summed E-state index contributed by atoms with van der Waals surface area (Å²) < 4.78 is 11.3. The lowest BCUT2D eigenvalue weighted by atomic mass is 10.2. The molecule has 0 amide bonds. The zero-order valence-corrected chi connectivity index (χ0v) is 23.3. The topological polar surface area (TPSA) is 60.4 Å². The van der Waals surface area contributed by atoms with Crippen LogP contribution >= 0.6 is 49.6 Å². The maximum atomic E-state index is 10.5. The largest absolute Gasteiger partial charge is 0.495 e. The summed E-state index contributed by atoms with van der Waals surface area (Å²) in [6.45, 7) is 8.70. The third kappa shape index (κ3) is 9.57. The van der Waals surface area contributed by atoms with Crippen molar-refractivity contribution in [2.24, 2.45) is 0 Å². The lowest BCUT2D eigenvalue weighted by Gasteiger charge is -2.37. The molecule has 0 aliphatic carbocycles. The molecular weight excluding hydrogens is 534 g/mol. The molecule has 0 bridgehead atoms. The Morgan fingerprint density at radius 2 is 1.46 bits per heavy atom. The van der Waals surface area contributed by atoms with Crippen LogP contribution in [-0.2, 0) is 0 Å². The fourth-order valence-electron chi connectivity index (χ4n) is 4.28. The number of aliphatic hydroxyl groups excluding tert-OH is 1. The molecule has 0 aromatic heterocycles. The lowest BCUT2D eigenvalue weighted by molar-refractivity contribution is 0.0663. The molecule has 11 heteroatoms. The normalized spacial score (nSPS) is 16.5. The van der Waals surface area contributed by atoms with Crippen molar-refractivity contribution in [2.45, 2.75) is 6.10 Å². The van der Waals surface area contributed by atoms with Crippen molar-refractivity contribution >= 4 is 61.0 Å². The maximum Gasteiger partial charge on any atom is 0.142 e. The summed E-state index contributed by atoms with van der Waals surface area (Å²) >= 11 is 0. The fourth-order valence-corrected chi connectivity index (χ4v) is 4.28. The number of methoxy groups -OCH3 is 1. The van der Waals surface area contributed by atoms with Crippen LogP contribution in [0.5, 0.6) is 11.5 Å². The lowest BCUT2D eigenvalue weighted by Crippen LogP contribution is -2.49. The van der Waals surface area contributed by atoms with E-state index in [-0.39, 0.29) is 49.6 Å². The van der Waals surface area contributed by atoms with Gasteiger partial charge in [-0.1, -0.05) is 12.1 Å². The summed E-state index contributed by atoms with van der Waals surface area (Å²) in [5.74, 6) is 1.71. The van der Waals surface area contributed by atoms with Crippen LogP contribution in [0.3, 0.4) is 0 Å². The molecule has 0 saturated carbocycles. The summed E-state index contributed by atoms with van der Waals surface area (Å²) in [6, 6.07) is 16.3. The average Bonchev–Trinajstić information content (AvgIpc) is 2.84. The highest BCUT2D eigenvalue weighted by molar-refractivity contribution is 5.86. The highest BCUT2D eigenvalue weighted by Gasteiger charge is 2.21. The van der Waals surface area contributed by atoms with Crippen LogP contribution in [0.15, 0.2) is 48.5 Å². The van der Waals surface area contributed by atoms with Gasteiger partial charge >= 0.3 is 0 Å². The van der Waals surface area contributed by atoms with Gasteiger partial charge in [-0.25, -0.2) is 0 Å². The van der Waals surface area contributed by atoms with Crippen LogP contribution in [0.25, 0.3) is 0 Å². The number of nitrogens with zero attached hydrogens (tertiary/aromatic N) is 3. The smallest absolute Gasteiger partial charge is 0.142 e. The van der Waals surface area contributed by atoms with E-state index in [0.717, 1.165) is 69.5 Å². The zero-order valence-electron chi connectivity index (χ0n) is 20.0. The summed E-state index contributed by atoms with van der Waals surface area (Å²) in [5.41, 5.74) is 2.36. The second-order valence-corrected chi connectivity index (χ2v) is 8.16. The molecule has 2 aliphatic rings. The molecule has 4 rings (SSSR count). The maximum absolute atomic E-state index is 10.5. The van der Waals surface area contributed by atoms with Crippen molar-refractivity contribution in [1.29, 1.82) is 0 Å². The van der Waals surface area contributed by atoms with Crippen molar-refractivity contribution in [1.82, 2.24) is 10.2 Å². The van der Waals surface area contributed by atoms with Gasteiger partial charge in [-0.15, -0.1) is 49.6 Å². The number of anilines is 2. The predicted octanol–water partition coefficient (Wildman–Crippen LogP) is 3.35. The molecule has 0 spiro atoms. The predicted molar refractivity (Wildman–Crippen MR) is 154 cm³/mol. The van der Waals surface area contributed by atoms with Crippen LogP contribution < -0.4 is 24.6 Å². The first kappa shape index (κ1) is 33.7. The number of aliphatic hydroxyl groups is 1. The van der Waals surface area contributed by atoms with Gasteiger partial charge in [0, 0.05) is 64.6 Å². The molecule has 200 valence electrons. The van der Waals surface area contributed by atoms with E-state index < -0.39 is 6.10 Å². The Morgan fingerprint density at radius 3 is 2.09 bits per heavy atom. The summed E-state index contributed by atoms with van der Waals surface area (Å²) in [4.78, 5) is 7.02. The van der Waals surface area contributed by atoms with Gasteiger partial charge in [0.05, 0.1) is 12.8 Å². The molecule has 2 aromatic rings. The number of hydrogen-bond acceptors (Lipinski definition) is 7. The van der Waals surface area contributed by atoms with Gasteiger partial charge in [0.2, 0.25) is 0 Å². The Labute approximate surface area is 233 Å². The molecule has 2 saturated heterocycles. The first-order chi connectivity index (χ1) is 15.2. The molecular formula is C24H38Cl4N4O3. The molecule has 2 N–H and O–H groups in total. The minimum absolute atomic E-state index is 0. The zero-order chi connectivity index (χ0) is 21.5. The number of halogens is 4. The molecule has 0 radical (unpaired) electrons. The second kappa shape index (κ2) is 17.2. The number of para-hydroxylation sites is 2. The number of β-amino-alcohol motifs (C(OH)–C–C–N with tert-alkyl or cyclic N) is 1. The van der Waals surface area contributed by atoms with Crippen LogP contribution in [0.1, 0.15) is 0 Å². The van der Waals surface area contributed by atoms with Crippen molar-refractivity contribution in [3.63, 3.8) is 0 Å². The van der Waals surface area contributed by atoms with E-state index in [1.54, 1.807) is 7.11 Å². The van der Waals surface area contributed by atoms with Crippen LogP contribution in [0, 0.1) is 0 Å². The number of ether oxygens (including phenoxy) is 2. The molecule has 2 aromatic carbocycles. The number of benzene rings is 2. The first-order valence-electron chi connectivity index (χ1n) is 11.2. The van der Waals surface area contributed by atoms with Crippen molar-refractivity contribution in [3.05, 3.63) is 48.5 Å². The van der Waals surface area contributed by atoms with E-state index in [0.29, 0.717) is 13.2 Å². The Morgan fingerprint density at radius 1 is 0.829 bits per heavy atom. The van der Waals surface area contributed by atoms with Gasteiger partial charge in [0.25, 0.3) is 0 Å². The highest BCUT2D eigenvalue weighted by Crippen LogP contribution is 2.28. The van der Waals surface area contributed by atoms with Gasteiger partial charge in [0.15, 0.2) is 0 Å². The van der Waals surface area contributed by atoms with Gasteiger partial charge in [-0.2, -0.15) is 0 Å². The van der Waals surface area contributed by atoms with Crippen molar-refractivity contribution in [2.75, 3.05) is 82.4 Å². The molecule has 1 atom stereocenters. The molecule has 2 heterocycles. The third-order valence-electron chi connectivity index (χ3n) is 6.03. The SMILES string of the molecule is COc1ccccc1N1CCN(CC(O)COc2ccc(N3CCNCC3)cc2)CC1.Cl.Cl.Cl.Cl. The number of rotatable bonds is 8. The number of hydrogen-bond donors (Lipinski definition) is 2. The van der Waals surface area contributed by atoms with Gasteiger partial charge < -0.3 is 29.7 Å². The van der Waals surface area contributed by atoms with Crippen LogP contribution in [-0.4, -0.2) is 88.7 Å². The van der Waals surface area contributed by atoms with Crippen LogP contribution in [0.2, 0.25) is 0 Å². The van der Waals surface area contributed by atoms with Gasteiger partial charge in [-0.05, 0) is 36.4 Å². The van der Waals surface area contributed by atoms with E-state index in [1.165, 1.54) is 5.69 Å². The molecule has 1 unspecified atom stereocenters. The molecule has 2 aliphatic heterocycles. The quantitative estimate of drug-likeness (QED) is 0.504. The van der Waals surface area contributed by atoms with E-state index in [4.69, 9.17) is 9.47 Å². The molecule has 35 heavy (non-hydrogen) atoms. The first-order valence-corrected chi connectivity index (χ1v) is 11.2. The van der Waals surface area contributed by atoms with E-state index >= 15 is 0 Å². The average molecular weight is 572 g/mol. The van der Waals surface area contributed by atoms with Crippen molar-refractivity contribution in [3.8, 4) is 11.5 Å². The number of piperazine rings is 2. The van der Waals surface area contributed by atoms with E-state index in [9.17, 15) is 5.11 Å². The Bertz CT molecular complexity index is 821. The van der Waals surface area contributed by atoms with E-state index in [2.05, 4.69) is 38.2 Å². The molecule has 2 fully saturated rings. The summed E-state index contributed by atoms with van der Waals surface area (Å²) in [7, 11) is 1.71. The minimum Gasteiger partial charge on any atom is -0.495 e. The van der Waals surface area contributed by atoms with E-state index in [1.807, 2.05) is 30.3 Å². The number of nitrogens with one attached hydrogen (secondary N) is 1. The Balaban J connectivity index is 0.00000289. The van der Waals surface area contributed by atoms with Crippen molar-refractivity contribution < 1.29 is 14.6 Å². The Hall–Kier alpha value is -1.32. The van der Waals surface area contributed by atoms with Crippen LogP contribution in [0.4, 0.5) is 11.4 Å². The molecule has 7 nitrogen and oxygen atoms in total. The van der Waals surface area contributed by atoms with Gasteiger partial charge in [0.1, 0.15) is 24.2 Å². The fraction of sp³-hybridized carbons (Fsp3) is 0.500. The summed E-state index contributed by atoms with van der Waals surface area (Å²) in [6.07, 6.45) is -0.509. The highest BCUT2D eigenvalue weighted by atomic mass is 35.5. The monoisotopic (exact) mass is 570 g/mol. The summed E-state index contributed by atoms with van der Waals surface area (Å²) in [5, 5.41) is 13.8. The minimum atomic E-state index is -0.509. The third-order valence-corrected chi connectivity index (χ3v) is 6.03.